The highest BCUT2D eigenvalue weighted by Gasteiger charge is 2.13. The summed E-state index contributed by atoms with van der Waals surface area (Å²) in [5.41, 5.74) is 1.09. The van der Waals surface area contributed by atoms with Crippen molar-refractivity contribution in [1.29, 1.82) is 0 Å². The van der Waals surface area contributed by atoms with Gasteiger partial charge in [-0.2, -0.15) is 0 Å². The molecule has 25 heavy (non-hydrogen) atoms. The van der Waals surface area contributed by atoms with E-state index >= 15 is 0 Å². The molecule has 1 fully saturated rings. The van der Waals surface area contributed by atoms with E-state index in [2.05, 4.69) is 20.2 Å². The van der Waals surface area contributed by atoms with Gasteiger partial charge in [0.05, 0.1) is 20.3 Å². The number of aryl methyl sites for hydroxylation is 1. The first-order valence-electron chi connectivity index (χ1n) is 8.32. The van der Waals surface area contributed by atoms with Gasteiger partial charge in [0.25, 0.3) is 0 Å². The van der Waals surface area contributed by atoms with Crippen molar-refractivity contribution >= 4 is 17.5 Å². The van der Waals surface area contributed by atoms with E-state index in [9.17, 15) is 4.79 Å². The highest BCUT2D eigenvalue weighted by atomic mass is 16.5. The number of rotatable bonds is 6. The second kappa shape index (κ2) is 8.43. The first kappa shape index (κ1) is 17.2. The summed E-state index contributed by atoms with van der Waals surface area (Å²) in [6, 6.07) is 9.52. The lowest BCUT2D eigenvalue weighted by atomic mass is 10.1. The van der Waals surface area contributed by atoms with Crippen LogP contribution in [-0.2, 0) is 16.0 Å². The minimum absolute atomic E-state index is 0.0672. The number of methoxy groups -OCH3 is 1. The molecule has 0 atom stereocenters. The number of ether oxygens (including phenoxy) is 2. The maximum Gasteiger partial charge on any atom is 0.225 e. The molecule has 3 rings (SSSR count). The summed E-state index contributed by atoms with van der Waals surface area (Å²) in [7, 11) is 1.63. The van der Waals surface area contributed by atoms with Crippen molar-refractivity contribution < 1.29 is 14.3 Å². The number of aromatic nitrogens is 2. The van der Waals surface area contributed by atoms with Crippen LogP contribution in [0.15, 0.2) is 36.7 Å². The standard InChI is InChI=1S/C18H22N4O3/c1-24-15-5-2-14(3-6-15)4-7-18(23)21-16-12-17(20-13-19-16)22-8-10-25-11-9-22/h2-3,5-6,12-13H,4,7-11H2,1H3,(H,19,20,21,23). The third-order valence-electron chi connectivity index (χ3n) is 4.06. The van der Waals surface area contributed by atoms with Crippen molar-refractivity contribution in [3.63, 3.8) is 0 Å². The van der Waals surface area contributed by atoms with Gasteiger partial charge in [-0.25, -0.2) is 9.97 Å². The quantitative estimate of drug-likeness (QED) is 0.864. The summed E-state index contributed by atoms with van der Waals surface area (Å²) in [5, 5.41) is 2.84. The number of carbonyl (C=O) groups excluding carboxylic acids is 1. The van der Waals surface area contributed by atoms with Gasteiger partial charge >= 0.3 is 0 Å². The van der Waals surface area contributed by atoms with Gasteiger partial charge in [-0.15, -0.1) is 0 Å². The van der Waals surface area contributed by atoms with Crippen LogP contribution in [0.3, 0.4) is 0 Å². The van der Waals surface area contributed by atoms with Crippen LogP contribution in [0.2, 0.25) is 0 Å². The molecular formula is C18H22N4O3. The highest BCUT2D eigenvalue weighted by molar-refractivity contribution is 5.90. The van der Waals surface area contributed by atoms with Gasteiger partial charge in [0.15, 0.2) is 0 Å². The zero-order valence-electron chi connectivity index (χ0n) is 14.3. The number of nitrogens with one attached hydrogen (secondary N) is 1. The molecule has 1 saturated heterocycles. The number of nitrogens with zero attached hydrogens (tertiary/aromatic N) is 3. The monoisotopic (exact) mass is 342 g/mol. The number of hydrogen-bond acceptors (Lipinski definition) is 6. The van der Waals surface area contributed by atoms with Crippen LogP contribution in [-0.4, -0.2) is 49.3 Å². The molecule has 2 heterocycles. The molecule has 0 unspecified atom stereocenters. The number of carbonyl (C=O) groups is 1. The SMILES string of the molecule is COc1ccc(CCC(=O)Nc2cc(N3CCOCC3)ncn2)cc1. The van der Waals surface area contributed by atoms with E-state index in [1.807, 2.05) is 24.3 Å². The topological polar surface area (TPSA) is 76.6 Å². The van der Waals surface area contributed by atoms with Gasteiger partial charge in [-0.1, -0.05) is 12.1 Å². The Labute approximate surface area is 147 Å². The van der Waals surface area contributed by atoms with Crippen LogP contribution in [0, 0.1) is 0 Å². The lowest BCUT2D eigenvalue weighted by Crippen LogP contribution is -2.36. The Balaban J connectivity index is 1.53. The summed E-state index contributed by atoms with van der Waals surface area (Å²) in [4.78, 5) is 22.7. The van der Waals surface area contributed by atoms with Crippen molar-refractivity contribution in [2.75, 3.05) is 43.6 Å². The lowest BCUT2D eigenvalue weighted by molar-refractivity contribution is -0.116. The molecule has 1 N–H and O–H groups in total. The van der Waals surface area contributed by atoms with Crippen LogP contribution >= 0.6 is 0 Å². The summed E-state index contributed by atoms with van der Waals surface area (Å²) >= 11 is 0. The number of amides is 1. The van der Waals surface area contributed by atoms with Crippen LogP contribution in [0.5, 0.6) is 5.75 Å². The number of benzene rings is 1. The van der Waals surface area contributed by atoms with Crippen molar-refractivity contribution in [2.24, 2.45) is 0 Å². The number of anilines is 2. The molecule has 0 saturated carbocycles. The smallest absolute Gasteiger partial charge is 0.225 e. The fourth-order valence-electron chi connectivity index (χ4n) is 2.64. The summed E-state index contributed by atoms with van der Waals surface area (Å²) < 4.78 is 10.5. The van der Waals surface area contributed by atoms with Crippen LogP contribution in [0.1, 0.15) is 12.0 Å². The van der Waals surface area contributed by atoms with Gasteiger partial charge in [-0.3, -0.25) is 4.79 Å². The van der Waals surface area contributed by atoms with E-state index in [-0.39, 0.29) is 5.91 Å². The van der Waals surface area contributed by atoms with E-state index < -0.39 is 0 Å². The Hall–Kier alpha value is -2.67. The Morgan fingerprint density at radius 3 is 2.72 bits per heavy atom. The van der Waals surface area contributed by atoms with Gasteiger partial charge in [0, 0.05) is 25.6 Å². The van der Waals surface area contributed by atoms with Crippen LogP contribution < -0.4 is 15.0 Å². The Kier molecular flexibility index (Phi) is 5.79. The fourth-order valence-corrected chi connectivity index (χ4v) is 2.64. The van der Waals surface area contributed by atoms with Crippen molar-refractivity contribution in [3.8, 4) is 5.75 Å². The van der Waals surface area contributed by atoms with E-state index in [1.54, 1.807) is 13.2 Å². The van der Waals surface area contributed by atoms with Gasteiger partial charge in [-0.05, 0) is 24.1 Å². The van der Waals surface area contributed by atoms with Gasteiger partial charge in [0.1, 0.15) is 23.7 Å². The molecule has 0 aliphatic carbocycles. The predicted molar refractivity (Wildman–Crippen MR) is 95.0 cm³/mol. The Bertz CT molecular complexity index is 700. The first-order valence-corrected chi connectivity index (χ1v) is 8.32. The third kappa shape index (κ3) is 4.90. The Morgan fingerprint density at radius 2 is 2.00 bits per heavy atom. The second-order valence-corrected chi connectivity index (χ2v) is 5.76. The summed E-state index contributed by atoms with van der Waals surface area (Å²) in [5.74, 6) is 2.08. The average molecular weight is 342 g/mol. The minimum Gasteiger partial charge on any atom is -0.497 e. The highest BCUT2D eigenvalue weighted by Crippen LogP contribution is 2.16. The van der Waals surface area contributed by atoms with E-state index in [0.29, 0.717) is 31.9 Å². The van der Waals surface area contributed by atoms with Gasteiger partial charge in [0.2, 0.25) is 5.91 Å². The summed E-state index contributed by atoms with van der Waals surface area (Å²) in [6.45, 7) is 2.96. The van der Waals surface area contributed by atoms with Crippen LogP contribution in [0.4, 0.5) is 11.6 Å². The fraction of sp³-hybridized carbons (Fsp3) is 0.389. The predicted octanol–water partition coefficient (Wildman–Crippen LogP) is 1.89. The van der Waals surface area contributed by atoms with Gasteiger partial charge < -0.3 is 19.7 Å². The molecule has 7 nitrogen and oxygen atoms in total. The molecule has 1 amide bonds. The van der Waals surface area contributed by atoms with Crippen molar-refractivity contribution in [3.05, 3.63) is 42.2 Å². The number of morpholine rings is 1. The molecule has 1 aliphatic rings. The zero-order chi connectivity index (χ0) is 17.5. The molecule has 7 heteroatoms. The zero-order valence-corrected chi connectivity index (χ0v) is 14.3. The van der Waals surface area contributed by atoms with Crippen LogP contribution in [0.25, 0.3) is 0 Å². The Morgan fingerprint density at radius 1 is 1.24 bits per heavy atom. The average Bonchev–Trinajstić information content (AvgIpc) is 2.68. The molecule has 1 aromatic carbocycles. The third-order valence-corrected chi connectivity index (χ3v) is 4.06. The van der Waals surface area contributed by atoms with E-state index in [0.717, 1.165) is 30.2 Å². The summed E-state index contributed by atoms with van der Waals surface area (Å²) in [6.07, 6.45) is 2.53. The molecule has 1 aromatic heterocycles. The minimum atomic E-state index is -0.0672. The largest absolute Gasteiger partial charge is 0.497 e. The lowest BCUT2D eigenvalue weighted by Gasteiger charge is -2.27. The molecule has 2 aromatic rings. The normalized spacial score (nSPS) is 14.2. The van der Waals surface area contributed by atoms with E-state index in [1.165, 1.54) is 6.33 Å². The van der Waals surface area contributed by atoms with Crippen molar-refractivity contribution in [2.45, 2.75) is 12.8 Å². The van der Waals surface area contributed by atoms with E-state index in [4.69, 9.17) is 9.47 Å². The van der Waals surface area contributed by atoms with Crippen molar-refractivity contribution in [1.82, 2.24) is 9.97 Å². The molecule has 0 bridgehead atoms. The molecular weight excluding hydrogens is 320 g/mol. The number of hydrogen-bond donors (Lipinski definition) is 1. The molecule has 0 spiro atoms. The molecule has 1 aliphatic heterocycles. The second-order valence-electron chi connectivity index (χ2n) is 5.76. The maximum atomic E-state index is 12.2. The molecule has 132 valence electrons. The first-order chi connectivity index (χ1) is 12.2. The maximum absolute atomic E-state index is 12.2. The molecule has 0 radical (unpaired) electrons.